The summed E-state index contributed by atoms with van der Waals surface area (Å²) in [5.74, 6) is 0.595. The van der Waals surface area contributed by atoms with Crippen molar-refractivity contribution in [2.45, 2.75) is 19.1 Å². The van der Waals surface area contributed by atoms with Gasteiger partial charge in [-0.3, -0.25) is 4.79 Å². The number of Topliss-reactive ketones (excluding diaryl/α,β-unsaturated/α-hetero) is 1. The molecule has 4 nitrogen and oxygen atoms in total. The van der Waals surface area contributed by atoms with E-state index in [4.69, 9.17) is 16.3 Å². The Morgan fingerprint density at radius 2 is 2.21 bits per heavy atom. The van der Waals surface area contributed by atoms with Crippen LogP contribution in [0.5, 0.6) is 5.75 Å². The van der Waals surface area contributed by atoms with Gasteiger partial charge in [0.25, 0.3) is 0 Å². The second-order valence-electron chi connectivity index (χ2n) is 4.28. The zero-order valence-electron chi connectivity index (χ0n) is 10.1. The molecule has 3 rings (SSSR count). The Balaban J connectivity index is 0.00000133. The molecule has 2 atom stereocenters. The first kappa shape index (κ1) is 13.9. The maximum absolute atomic E-state index is 12.5. The molecule has 2 heterocycles. The molecule has 0 fully saturated rings. The number of carbonyl (C=O) groups excluding carboxylic acids is 1. The number of aromatic nitrogens is 2. The average molecular weight is 299 g/mol. The van der Waals surface area contributed by atoms with E-state index in [0.717, 1.165) is 0 Å². The molecule has 1 aromatic heterocycles. The van der Waals surface area contributed by atoms with Crippen LogP contribution in [0.3, 0.4) is 0 Å². The number of carbonyl (C=O) groups is 1. The van der Waals surface area contributed by atoms with Crippen LogP contribution in [-0.4, -0.2) is 21.4 Å². The molecule has 2 unspecified atom stereocenters. The lowest BCUT2D eigenvalue weighted by molar-refractivity contribution is 0.0718. The van der Waals surface area contributed by atoms with E-state index in [1.807, 2.05) is 6.92 Å². The monoisotopic (exact) mass is 298 g/mol. The Hall–Kier alpha value is -1.52. The fraction of sp³-hybridized carbons (Fsp3) is 0.231. The van der Waals surface area contributed by atoms with Gasteiger partial charge in [0.1, 0.15) is 17.9 Å². The van der Waals surface area contributed by atoms with Gasteiger partial charge in [-0.2, -0.15) is 0 Å². The van der Waals surface area contributed by atoms with Crippen molar-refractivity contribution >= 4 is 29.8 Å². The Morgan fingerprint density at radius 3 is 2.89 bits per heavy atom. The quantitative estimate of drug-likeness (QED) is 0.812. The van der Waals surface area contributed by atoms with Gasteiger partial charge in [-0.05, 0) is 25.1 Å². The molecular weight excluding hydrogens is 287 g/mol. The minimum atomic E-state index is -0.390. The molecule has 0 aliphatic carbocycles. The third-order valence-corrected chi connectivity index (χ3v) is 3.31. The summed E-state index contributed by atoms with van der Waals surface area (Å²) in [6.07, 6.45) is 4.80. The van der Waals surface area contributed by atoms with Gasteiger partial charge in [-0.1, -0.05) is 11.6 Å². The number of fused-ring (bicyclic) bond motifs is 1. The van der Waals surface area contributed by atoms with Crippen LogP contribution < -0.4 is 4.74 Å². The van der Waals surface area contributed by atoms with E-state index in [1.54, 1.807) is 41.5 Å². The highest BCUT2D eigenvalue weighted by Gasteiger charge is 2.35. The zero-order chi connectivity index (χ0) is 12.7. The summed E-state index contributed by atoms with van der Waals surface area (Å²) in [4.78, 5) is 16.5. The molecule has 6 heteroatoms. The van der Waals surface area contributed by atoms with Crippen molar-refractivity contribution in [3.8, 4) is 5.75 Å². The van der Waals surface area contributed by atoms with Crippen LogP contribution in [0.15, 0.2) is 36.9 Å². The number of rotatable bonds is 1. The summed E-state index contributed by atoms with van der Waals surface area (Å²) >= 11 is 5.92. The fourth-order valence-electron chi connectivity index (χ4n) is 2.25. The van der Waals surface area contributed by atoms with Gasteiger partial charge in [-0.25, -0.2) is 4.98 Å². The molecule has 0 spiro atoms. The first-order chi connectivity index (χ1) is 8.66. The molecule has 0 N–H and O–H groups in total. The average Bonchev–Trinajstić information content (AvgIpc) is 2.84. The summed E-state index contributed by atoms with van der Waals surface area (Å²) in [6, 6.07) is 4.71. The number of imidazole rings is 1. The molecule has 0 radical (unpaired) electrons. The third-order valence-electron chi connectivity index (χ3n) is 3.08. The molecule has 0 saturated heterocycles. The van der Waals surface area contributed by atoms with E-state index in [2.05, 4.69) is 4.98 Å². The molecule has 0 bridgehead atoms. The van der Waals surface area contributed by atoms with Crippen molar-refractivity contribution in [3.63, 3.8) is 0 Å². The van der Waals surface area contributed by atoms with Gasteiger partial charge in [0.15, 0.2) is 5.78 Å². The van der Waals surface area contributed by atoms with Gasteiger partial charge in [0, 0.05) is 17.4 Å². The van der Waals surface area contributed by atoms with Crippen LogP contribution in [0.4, 0.5) is 0 Å². The number of hydrogen-bond donors (Lipinski definition) is 0. The van der Waals surface area contributed by atoms with E-state index in [-0.39, 0.29) is 24.3 Å². The van der Waals surface area contributed by atoms with Crippen molar-refractivity contribution in [2.24, 2.45) is 0 Å². The molecule has 2 aromatic rings. The van der Waals surface area contributed by atoms with Crippen LogP contribution in [0.2, 0.25) is 5.02 Å². The molecular formula is C13H12Cl2N2O2. The fourth-order valence-corrected chi connectivity index (χ4v) is 2.42. The van der Waals surface area contributed by atoms with Gasteiger partial charge in [0.2, 0.25) is 0 Å². The van der Waals surface area contributed by atoms with E-state index in [1.165, 1.54) is 0 Å². The highest BCUT2D eigenvalue weighted by molar-refractivity contribution is 6.31. The molecule has 100 valence electrons. The van der Waals surface area contributed by atoms with E-state index in [0.29, 0.717) is 16.3 Å². The second-order valence-corrected chi connectivity index (χ2v) is 4.72. The van der Waals surface area contributed by atoms with Gasteiger partial charge < -0.3 is 9.30 Å². The minimum Gasteiger partial charge on any atom is -0.487 e. The normalized spacial score (nSPS) is 21.3. The summed E-state index contributed by atoms with van der Waals surface area (Å²) in [6.45, 7) is 1.88. The van der Waals surface area contributed by atoms with Crippen LogP contribution in [0.25, 0.3) is 0 Å². The van der Waals surface area contributed by atoms with Crippen LogP contribution in [0.1, 0.15) is 23.3 Å². The van der Waals surface area contributed by atoms with E-state index < -0.39 is 6.04 Å². The summed E-state index contributed by atoms with van der Waals surface area (Å²) in [7, 11) is 0. The largest absolute Gasteiger partial charge is 0.487 e. The SMILES string of the molecule is CC1Oc2ccc(Cl)cc2C(=O)C1n1ccnc1.Cl. The lowest BCUT2D eigenvalue weighted by Crippen LogP contribution is -2.37. The number of nitrogens with zero attached hydrogens (tertiary/aromatic N) is 2. The van der Waals surface area contributed by atoms with Gasteiger partial charge in [-0.15, -0.1) is 12.4 Å². The van der Waals surface area contributed by atoms with E-state index >= 15 is 0 Å². The summed E-state index contributed by atoms with van der Waals surface area (Å²) in [5, 5.41) is 0.532. The van der Waals surface area contributed by atoms with Crippen molar-refractivity contribution in [3.05, 3.63) is 47.5 Å². The third kappa shape index (κ3) is 2.33. The molecule has 0 amide bonds. The molecule has 19 heavy (non-hydrogen) atoms. The Morgan fingerprint density at radius 1 is 1.42 bits per heavy atom. The maximum Gasteiger partial charge on any atom is 0.193 e. The topological polar surface area (TPSA) is 44.1 Å². The Labute approximate surface area is 121 Å². The van der Waals surface area contributed by atoms with Crippen LogP contribution in [0, 0.1) is 0 Å². The number of ketones is 1. The number of benzene rings is 1. The van der Waals surface area contributed by atoms with Crippen molar-refractivity contribution < 1.29 is 9.53 Å². The van der Waals surface area contributed by atoms with Crippen LogP contribution in [-0.2, 0) is 0 Å². The predicted molar refractivity (Wildman–Crippen MR) is 74.4 cm³/mol. The molecule has 1 aliphatic heterocycles. The number of halogens is 2. The van der Waals surface area contributed by atoms with Gasteiger partial charge >= 0.3 is 0 Å². The lowest BCUT2D eigenvalue weighted by Gasteiger charge is -2.30. The smallest absolute Gasteiger partial charge is 0.193 e. The molecule has 1 aliphatic rings. The van der Waals surface area contributed by atoms with Gasteiger partial charge in [0.05, 0.1) is 11.9 Å². The summed E-state index contributed by atoms with van der Waals surface area (Å²) < 4.78 is 7.53. The molecule has 1 aromatic carbocycles. The predicted octanol–water partition coefficient (Wildman–Crippen LogP) is 3.16. The van der Waals surface area contributed by atoms with E-state index in [9.17, 15) is 4.79 Å². The second kappa shape index (κ2) is 5.23. The lowest BCUT2D eigenvalue weighted by atomic mass is 9.96. The first-order valence-electron chi connectivity index (χ1n) is 5.64. The zero-order valence-corrected chi connectivity index (χ0v) is 11.7. The van der Waals surface area contributed by atoms with Crippen molar-refractivity contribution in [1.82, 2.24) is 9.55 Å². The highest BCUT2D eigenvalue weighted by Crippen LogP contribution is 2.34. The minimum absolute atomic E-state index is 0. The Kier molecular flexibility index (Phi) is 3.83. The first-order valence-corrected chi connectivity index (χ1v) is 6.02. The maximum atomic E-state index is 12.5. The summed E-state index contributed by atoms with van der Waals surface area (Å²) in [5.41, 5.74) is 0.527. The number of ether oxygens (including phenoxy) is 1. The van der Waals surface area contributed by atoms with Crippen LogP contribution >= 0.6 is 24.0 Å². The highest BCUT2D eigenvalue weighted by atomic mass is 35.5. The van der Waals surface area contributed by atoms with Crippen molar-refractivity contribution in [2.75, 3.05) is 0 Å². The molecule has 0 saturated carbocycles. The number of hydrogen-bond acceptors (Lipinski definition) is 3. The standard InChI is InChI=1S/C13H11ClN2O2.ClH/c1-8-12(16-5-4-15-7-16)13(17)10-6-9(14)2-3-11(10)18-8;/h2-8,12H,1H3;1H. The Bertz CT molecular complexity index is 599. The van der Waals surface area contributed by atoms with Crippen molar-refractivity contribution in [1.29, 1.82) is 0 Å².